The highest BCUT2D eigenvalue weighted by molar-refractivity contribution is 9.10. The minimum atomic E-state index is -0.227. The molecule has 0 radical (unpaired) electrons. The van der Waals surface area contributed by atoms with E-state index in [9.17, 15) is 4.79 Å². The van der Waals surface area contributed by atoms with E-state index in [4.69, 9.17) is 9.47 Å². The number of carbonyl (C=O) groups excluding carboxylic acids is 1. The number of ether oxygens (including phenoxy) is 2. The van der Waals surface area contributed by atoms with Crippen molar-refractivity contribution in [3.8, 4) is 11.5 Å². The van der Waals surface area contributed by atoms with E-state index in [1.54, 1.807) is 19.4 Å². The summed E-state index contributed by atoms with van der Waals surface area (Å²) < 4.78 is 12.0. The molecule has 0 aliphatic heterocycles. The van der Waals surface area contributed by atoms with Crippen molar-refractivity contribution in [2.24, 2.45) is 5.10 Å². The van der Waals surface area contributed by atoms with Gasteiger partial charge in [0.15, 0.2) is 11.5 Å². The van der Waals surface area contributed by atoms with Crippen LogP contribution in [-0.4, -0.2) is 19.2 Å². The Bertz CT molecular complexity index is 743. The van der Waals surface area contributed by atoms with Crippen molar-refractivity contribution in [2.45, 2.75) is 20.5 Å². The lowest BCUT2D eigenvalue weighted by Gasteiger charge is -2.13. The summed E-state index contributed by atoms with van der Waals surface area (Å²) in [7, 11) is 1.58. The Morgan fingerprint density at radius 2 is 2.00 bits per heavy atom. The second-order valence-corrected chi connectivity index (χ2v) is 6.09. The van der Waals surface area contributed by atoms with E-state index in [-0.39, 0.29) is 5.91 Å². The topological polar surface area (TPSA) is 59.9 Å². The van der Waals surface area contributed by atoms with Crippen LogP contribution in [0.3, 0.4) is 0 Å². The van der Waals surface area contributed by atoms with Gasteiger partial charge in [-0.2, -0.15) is 5.10 Å². The van der Waals surface area contributed by atoms with Gasteiger partial charge < -0.3 is 9.47 Å². The van der Waals surface area contributed by atoms with Crippen LogP contribution in [0.5, 0.6) is 11.5 Å². The first kappa shape index (κ1) is 18.0. The van der Waals surface area contributed by atoms with Crippen molar-refractivity contribution >= 4 is 28.1 Å². The second-order valence-electron chi connectivity index (χ2n) is 5.23. The molecule has 1 amide bonds. The number of aryl methyl sites for hydroxylation is 1. The van der Waals surface area contributed by atoms with E-state index in [0.29, 0.717) is 18.1 Å². The number of methoxy groups -OCH3 is 1. The summed E-state index contributed by atoms with van der Waals surface area (Å²) in [4.78, 5) is 10.8. The van der Waals surface area contributed by atoms with Crippen molar-refractivity contribution in [3.63, 3.8) is 0 Å². The molecule has 1 N–H and O–H groups in total. The van der Waals surface area contributed by atoms with E-state index in [1.807, 2.05) is 37.3 Å². The molecule has 0 aliphatic carbocycles. The lowest BCUT2D eigenvalue weighted by molar-refractivity contribution is -0.118. The maximum absolute atomic E-state index is 10.8. The standard InChI is InChI=1S/C18H19BrN2O3/c1-12-4-6-14(7-5-12)11-24-18-16(19)8-15(9-17(18)23-3)10-20-21-13(2)22/h4-10H,11H2,1-3H3,(H,21,22)/b20-10-. The van der Waals surface area contributed by atoms with Gasteiger partial charge in [-0.3, -0.25) is 4.79 Å². The predicted molar refractivity (Wildman–Crippen MR) is 97.6 cm³/mol. The van der Waals surface area contributed by atoms with Crippen LogP contribution in [0.2, 0.25) is 0 Å². The van der Waals surface area contributed by atoms with Gasteiger partial charge in [-0.1, -0.05) is 29.8 Å². The third kappa shape index (κ3) is 5.09. The third-order valence-electron chi connectivity index (χ3n) is 3.19. The van der Waals surface area contributed by atoms with Gasteiger partial charge in [-0.25, -0.2) is 5.43 Å². The van der Waals surface area contributed by atoms with E-state index >= 15 is 0 Å². The number of nitrogens with zero attached hydrogens (tertiary/aromatic N) is 1. The summed E-state index contributed by atoms with van der Waals surface area (Å²) in [5, 5.41) is 3.85. The fraction of sp³-hybridized carbons (Fsp3) is 0.222. The molecule has 0 spiro atoms. The van der Waals surface area contributed by atoms with Gasteiger partial charge >= 0.3 is 0 Å². The van der Waals surface area contributed by atoms with Crippen LogP contribution in [0.1, 0.15) is 23.6 Å². The normalized spacial score (nSPS) is 10.7. The van der Waals surface area contributed by atoms with Gasteiger partial charge in [0.25, 0.3) is 0 Å². The fourth-order valence-corrected chi connectivity index (χ4v) is 2.57. The van der Waals surface area contributed by atoms with Gasteiger partial charge in [0.2, 0.25) is 5.91 Å². The van der Waals surface area contributed by atoms with Crippen molar-refractivity contribution in [1.29, 1.82) is 0 Å². The van der Waals surface area contributed by atoms with E-state index in [1.165, 1.54) is 12.5 Å². The molecule has 0 aromatic heterocycles. The molecular weight excluding hydrogens is 372 g/mol. The number of hydrazone groups is 1. The zero-order valence-corrected chi connectivity index (χ0v) is 15.4. The van der Waals surface area contributed by atoms with Crippen LogP contribution >= 0.6 is 15.9 Å². The highest BCUT2D eigenvalue weighted by atomic mass is 79.9. The molecule has 0 atom stereocenters. The largest absolute Gasteiger partial charge is 0.493 e. The smallest absolute Gasteiger partial charge is 0.236 e. The summed E-state index contributed by atoms with van der Waals surface area (Å²) in [5.74, 6) is 0.978. The molecule has 0 bridgehead atoms. The lowest BCUT2D eigenvalue weighted by atomic mass is 10.2. The Kier molecular flexibility index (Phi) is 6.37. The average molecular weight is 391 g/mol. The monoisotopic (exact) mass is 390 g/mol. The number of halogens is 1. The number of rotatable bonds is 6. The zero-order valence-electron chi connectivity index (χ0n) is 13.8. The Morgan fingerprint density at radius 3 is 2.62 bits per heavy atom. The average Bonchev–Trinajstić information content (AvgIpc) is 2.54. The van der Waals surface area contributed by atoms with Crippen LogP contribution in [0.25, 0.3) is 0 Å². The fourth-order valence-electron chi connectivity index (χ4n) is 1.99. The molecule has 2 aromatic carbocycles. The Morgan fingerprint density at radius 1 is 1.29 bits per heavy atom. The molecule has 24 heavy (non-hydrogen) atoms. The van der Waals surface area contributed by atoms with Crippen molar-refractivity contribution < 1.29 is 14.3 Å². The second kappa shape index (κ2) is 8.49. The maximum Gasteiger partial charge on any atom is 0.236 e. The summed E-state index contributed by atoms with van der Waals surface area (Å²) in [5.41, 5.74) is 5.42. The summed E-state index contributed by atoms with van der Waals surface area (Å²) in [6.07, 6.45) is 1.54. The molecule has 0 unspecified atom stereocenters. The van der Waals surface area contributed by atoms with E-state index in [0.717, 1.165) is 15.6 Å². The molecule has 0 saturated carbocycles. The summed E-state index contributed by atoms with van der Waals surface area (Å²) in [6, 6.07) is 11.8. The molecule has 5 nitrogen and oxygen atoms in total. The highest BCUT2D eigenvalue weighted by Gasteiger charge is 2.11. The van der Waals surface area contributed by atoms with Gasteiger partial charge in [0.1, 0.15) is 6.61 Å². The van der Waals surface area contributed by atoms with Gasteiger partial charge in [0.05, 0.1) is 17.8 Å². The van der Waals surface area contributed by atoms with Gasteiger partial charge in [0, 0.05) is 6.92 Å². The first-order valence-electron chi connectivity index (χ1n) is 7.35. The summed E-state index contributed by atoms with van der Waals surface area (Å²) in [6.45, 7) is 3.88. The SMILES string of the molecule is COc1cc(/C=N\NC(C)=O)cc(Br)c1OCc1ccc(C)cc1. The molecule has 0 heterocycles. The van der Waals surface area contributed by atoms with Crippen LogP contribution in [0.4, 0.5) is 0 Å². The number of hydrogen-bond acceptors (Lipinski definition) is 4. The number of hydrogen-bond donors (Lipinski definition) is 1. The van der Waals surface area contributed by atoms with Crippen LogP contribution in [0, 0.1) is 6.92 Å². The van der Waals surface area contributed by atoms with Crippen LogP contribution in [0.15, 0.2) is 46.0 Å². The number of nitrogens with one attached hydrogen (secondary N) is 1. The minimum absolute atomic E-state index is 0.227. The van der Waals surface area contributed by atoms with Crippen molar-refractivity contribution in [1.82, 2.24) is 5.43 Å². The Labute approximate surface area is 149 Å². The molecular formula is C18H19BrN2O3. The van der Waals surface area contributed by atoms with Crippen molar-refractivity contribution in [2.75, 3.05) is 7.11 Å². The Hall–Kier alpha value is -2.34. The molecule has 2 aromatic rings. The minimum Gasteiger partial charge on any atom is -0.493 e. The maximum atomic E-state index is 10.8. The van der Waals surface area contributed by atoms with Crippen LogP contribution < -0.4 is 14.9 Å². The van der Waals surface area contributed by atoms with Crippen LogP contribution in [-0.2, 0) is 11.4 Å². The molecule has 126 valence electrons. The molecule has 6 heteroatoms. The predicted octanol–water partition coefficient (Wildman–Crippen LogP) is 3.82. The molecule has 0 aliphatic rings. The number of carbonyl (C=O) groups is 1. The molecule has 0 fully saturated rings. The number of amides is 1. The van der Waals surface area contributed by atoms with E-state index < -0.39 is 0 Å². The molecule has 2 rings (SSSR count). The summed E-state index contributed by atoms with van der Waals surface area (Å²) >= 11 is 3.49. The lowest BCUT2D eigenvalue weighted by Crippen LogP contribution is -2.12. The van der Waals surface area contributed by atoms with Gasteiger partial charge in [-0.15, -0.1) is 0 Å². The first-order valence-corrected chi connectivity index (χ1v) is 8.14. The quantitative estimate of drug-likeness (QED) is 0.602. The Balaban J connectivity index is 2.15. The number of benzene rings is 2. The third-order valence-corrected chi connectivity index (χ3v) is 3.78. The van der Waals surface area contributed by atoms with Crippen molar-refractivity contribution in [3.05, 3.63) is 57.6 Å². The molecule has 0 saturated heterocycles. The zero-order chi connectivity index (χ0) is 17.5. The van der Waals surface area contributed by atoms with Gasteiger partial charge in [-0.05, 0) is 46.1 Å². The van der Waals surface area contributed by atoms with E-state index in [2.05, 4.69) is 26.5 Å². The highest BCUT2D eigenvalue weighted by Crippen LogP contribution is 2.36. The first-order chi connectivity index (χ1) is 11.5.